The summed E-state index contributed by atoms with van der Waals surface area (Å²) in [6, 6.07) is 12.1. The summed E-state index contributed by atoms with van der Waals surface area (Å²) in [5, 5.41) is 1.01. The molecular formula is C21H19N3O3. The van der Waals surface area contributed by atoms with Crippen molar-refractivity contribution in [2.24, 2.45) is 0 Å². The lowest BCUT2D eigenvalue weighted by Crippen LogP contribution is -2.31. The van der Waals surface area contributed by atoms with E-state index in [4.69, 9.17) is 13.9 Å². The van der Waals surface area contributed by atoms with E-state index in [1.165, 1.54) is 11.1 Å². The lowest BCUT2D eigenvalue weighted by molar-refractivity contribution is 0.353. The predicted molar refractivity (Wildman–Crippen MR) is 104 cm³/mol. The van der Waals surface area contributed by atoms with Gasteiger partial charge in [0, 0.05) is 18.5 Å². The topological polar surface area (TPSA) is 60.6 Å². The van der Waals surface area contributed by atoms with Crippen LogP contribution in [0.15, 0.2) is 47.1 Å². The smallest absolute Gasteiger partial charge is 0.196 e. The fraction of sp³-hybridized carbons (Fsp3) is 0.238. The summed E-state index contributed by atoms with van der Waals surface area (Å²) in [6.45, 7) is 1.59. The van der Waals surface area contributed by atoms with Crippen molar-refractivity contribution in [3.63, 3.8) is 0 Å². The van der Waals surface area contributed by atoms with Crippen LogP contribution < -0.4 is 14.4 Å². The lowest BCUT2D eigenvalue weighted by atomic mass is 9.98. The number of ether oxygens (including phenoxy) is 2. The normalized spacial score (nSPS) is 13.8. The average molecular weight is 361 g/mol. The molecule has 4 aromatic rings. The summed E-state index contributed by atoms with van der Waals surface area (Å²) in [4.78, 5) is 11.2. The summed E-state index contributed by atoms with van der Waals surface area (Å²) in [7, 11) is 3.33. The SMILES string of the molecule is COc1cc2c(cc1OC)CN(c1ncnc3c1oc1ccccc13)CC2. The first kappa shape index (κ1) is 15.9. The number of rotatable bonds is 3. The minimum Gasteiger partial charge on any atom is -0.493 e. The Morgan fingerprint density at radius 3 is 2.59 bits per heavy atom. The van der Waals surface area contributed by atoms with Crippen LogP contribution in [0.4, 0.5) is 5.82 Å². The monoisotopic (exact) mass is 361 g/mol. The van der Waals surface area contributed by atoms with Crippen molar-refractivity contribution >= 4 is 27.9 Å². The Balaban J connectivity index is 1.59. The average Bonchev–Trinajstić information content (AvgIpc) is 3.11. The molecule has 0 radical (unpaired) electrons. The molecular weight excluding hydrogens is 342 g/mol. The van der Waals surface area contributed by atoms with Crippen LogP contribution >= 0.6 is 0 Å². The van der Waals surface area contributed by atoms with Crippen molar-refractivity contribution in [2.45, 2.75) is 13.0 Å². The molecule has 1 aliphatic rings. The van der Waals surface area contributed by atoms with Crippen molar-refractivity contribution in [2.75, 3.05) is 25.7 Å². The number of benzene rings is 2. The Bertz CT molecular complexity index is 1150. The number of methoxy groups -OCH3 is 2. The van der Waals surface area contributed by atoms with Gasteiger partial charge in [0.1, 0.15) is 17.4 Å². The number of hydrogen-bond acceptors (Lipinski definition) is 6. The highest BCUT2D eigenvalue weighted by molar-refractivity contribution is 6.05. The van der Waals surface area contributed by atoms with Crippen LogP contribution in [0.3, 0.4) is 0 Å². The molecule has 6 nitrogen and oxygen atoms in total. The van der Waals surface area contributed by atoms with E-state index in [1.807, 2.05) is 24.3 Å². The minimum atomic E-state index is 0.735. The first-order chi connectivity index (χ1) is 13.3. The zero-order valence-electron chi connectivity index (χ0n) is 15.2. The number of para-hydroxylation sites is 1. The summed E-state index contributed by atoms with van der Waals surface area (Å²) < 4.78 is 17.0. The maximum absolute atomic E-state index is 6.09. The molecule has 1 aliphatic heterocycles. The standard InChI is InChI=1S/C21H19N3O3/c1-25-17-9-13-7-8-24(11-14(13)10-18(17)26-2)21-20-19(22-12-23-21)15-5-3-4-6-16(15)27-20/h3-6,9-10,12H,7-8,11H2,1-2H3. The number of aromatic nitrogens is 2. The van der Waals surface area contributed by atoms with Gasteiger partial charge in [-0.2, -0.15) is 0 Å². The molecule has 5 rings (SSSR count). The minimum absolute atomic E-state index is 0.735. The Morgan fingerprint density at radius 2 is 1.78 bits per heavy atom. The molecule has 2 aromatic heterocycles. The Labute approximate surface area is 156 Å². The second kappa shape index (κ2) is 6.16. The molecule has 0 amide bonds. The number of nitrogens with zero attached hydrogens (tertiary/aromatic N) is 3. The summed E-state index contributed by atoms with van der Waals surface area (Å²) >= 11 is 0. The van der Waals surface area contributed by atoms with Crippen LogP contribution in [0.25, 0.3) is 22.1 Å². The third kappa shape index (κ3) is 2.48. The third-order valence-corrected chi connectivity index (χ3v) is 5.16. The van der Waals surface area contributed by atoms with Gasteiger partial charge in [-0.1, -0.05) is 12.1 Å². The van der Waals surface area contributed by atoms with Gasteiger partial charge in [0.2, 0.25) is 0 Å². The van der Waals surface area contributed by atoms with E-state index in [0.717, 1.165) is 58.9 Å². The zero-order valence-corrected chi connectivity index (χ0v) is 15.2. The van der Waals surface area contributed by atoms with Gasteiger partial charge >= 0.3 is 0 Å². The molecule has 3 heterocycles. The van der Waals surface area contributed by atoms with Gasteiger partial charge in [-0.3, -0.25) is 0 Å². The molecule has 0 saturated heterocycles. The molecule has 0 aliphatic carbocycles. The zero-order chi connectivity index (χ0) is 18.4. The second-order valence-electron chi connectivity index (χ2n) is 6.62. The van der Waals surface area contributed by atoms with Crippen LogP contribution in [0.1, 0.15) is 11.1 Å². The van der Waals surface area contributed by atoms with Crippen LogP contribution in [0.5, 0.6) is 11.5 Å². The second-order valence-corrected chi connectivity index (χ2v) is 6.62. The predicted octanol–water partition coefficient (Wildman–Crippen LogP) is 3.96. The quantitative estimate of drug-likeness (QED) is 0.550. The van der Waals surface area contributed by atoms with E-state index >= 15 is 0 Å². The van der Waals surface area contributed by atoms with Crippen molar-refractivity contribution in [1.29, 1.82) is 0 Å². The molecule has 6 heteroatoms. The van der Waals surface area contributed by atoms with Gasteiger partial charge < -0.3 is 18.8 Å². The molecule has 0 saturated carbocycles. The number of hydrogen-bond donors (Lipinski definition) is 0. The fourth-order valence-corrected chi connectivity index (χ4v) is 3.80. The molecule has 0 unspecified atom stereocenters. The van der Waals surface area contributed by atoms with Crippen LogP contribution in [0.2, 0.25) is 0 Å². The van der Waals surface area contributed by atoms with Crippen molar-refractivity contribution < 1.29 is 13.9 Å². The van der Waals surface area contributed by atoms with Crippen LogP contribution in [-0.4, -0.2) is 30.7 Å². The van der Waals surface area contributed by atoms with Gasteiger partial charge in [0.25, 0.3) is 0 Å². The molecule has 0 spiro atoms. The van der Waals surface area contributed by atoms with Crippen molar-refractivity contribution in [3.05, 3.63) is 53.9 Å². The van der Waals surface area contributed by atoms with Crippen LogP contribution in [0, 0.1) is 0 Å². The van der Waals surface area contributed by atoms with Crippen molar-refractivity contribution in [3.8, 4) is 11.5 Å². The van der Waals surface area contributed by atoms with E-state index in [0.29, 0.717) is 0 Å². The molecule has 0 N–H and O–H groups in total. The first-order valence-electron chi connectivity index (χ1n) is 8.89. The summed E-state index contributed by atoms with van der Waals surface area (Å²) in [5.74, 6) is 2.35. The molecule has 0 fully saturated rings. The maximum atomic E-state index is 6.09. The van der Waals surface area contributed by atoms with Gasteiger partial charge in [0.15, 0.2) is 22.9 Å². The Hall–Kier alpha value is -3.28. The van der Waals surface area contributed by atoms with Gasteiger partial charge in [0.05, 0.1) is 14.2 Å². The molecule has 0 atom stereocenters. The van der Waals surface area contributed by atoms with E-state index in [1.54, 1.807) is 20.5 Å². The summed E-state index contributed by atoms with van der Waals surface area (Å²) in [6.07, 6.45) is 2.52. The van der Waals surface area contributed by atoms with E-state index in [2.05, 4.69) is 27.0 Å². The first-order valence-corrected chi connectivity index (χ1v) is 8.89. The number of fused-ring (bicyclic) bond motifs is 4. The van der Waals surface area contributed by atoms with Crippen molar-refractivity contribution in [1.82, 2.24) is 9.97 Å². The highest BCUT2D eigenvalue weighted by Gasteiger charge is 2.24. The van der Waals surface area contributed by atoms with Gasteiger partial charge in [-0.05, 0) is 41.8 Å². The van der Waals surface area contributed by atoms with Gasteiger partial charge in [-0.15, -0.1) is 0 Å². The maximum Gasteiger partial charge on any atom is 0.196 e. The Morgan fingerprint density at radius 1 is 1.00 bits per heavy atom. The third-order valence-electron chi connectivity index (χ3n) is 5.16. The fourth-order valence-electron chi connectivity index (χ4n) is 3.80. The van der Waals surface area contributed by atoms with Gasteiger partial charge in [-0.25, -0.2) is 9.97 Å². The van der Waals surface area contributed by atoms with E-state index < -0.39 is 0 Å². The van der Waals surface area contributed by atoms with E-state index in [-0.39, 0.29) is 0 Å². The Kier molecular flexibility index (Phi) is 3.63. The molecule has 0 bridgehead atoms. The number of anilines is 1. The molecule has 27 heavy (non-hydrogen) atoms. The van der Waals surface area contributed by atoms with Crippen LogP contribution in [-0.2, 0) is 13.0 Å². The molecule has 2 aromatic carbocycles. The largest absolute Gasteiger partial charge is 0.493 e. The van der Waals surface area contributed by atoms with E-state index in [9.17, 15) is 0 Å². The lowest BCUT2D eigenvalue weighted by Gasteiger charge is -2.30. The molecule has 136 valence electrons. The number of furan rings is 1. The summed E-state index contributed by atoms with van der Waals surface area (Å²) in [5.41, 5.74) is 4.91. The highest BCUT2D eigenvalue weighted by Crippen LogP contribution is 2.37. The highest BCUT2D eigenvalue weighted by atomic mass is 16.5.